The summed E-state index contributed by atoms with van der Waals surface area (Å²) in [6, 6.07) is 7.33. The predicted octanol–water partition coefficient (Wildman–Crippen LogP) is 0.869. The average molecular weight is 276 g/mol. The van der Waals surface area contributed by atoms with Crippen molar-refractivity contribution in [2.45, 2.75) is 32.3 Å². The molecule has 1 heterocycles. The summed E-state index contributed by atoms with van der Waals surface area (Å²) in [6.07, 6.45) is 0.953. The van der Waals surface area contributed by atoms with Gasteiger partial charge in [-0.2, -0.15) is 0 Å². The predicted molar refractivity (Wildman–Crippen MR) is 71.9 cm³/mol. The van der Waals surface area contributed by atoms with Crippen molar-refractivity contribution in [3.8, 4) is 0 Å². The Kier molecular flexibility index (Phi) is 4.74. The summed E-state index contributed by atoms with van der Waals surface area (Å²) in [5, 5.41) is 13.8. The van der Waals surface area contributed by atoms with Gasteiger partial charge in [0.15, 0.2) is 0 Å². The van der Waals surface area contributed by atoms with Crippen LogP contribution in [0.3, 0.4) is 0 Å². The van der Waals surface area contributed by atoms with Gasteiger partial charge in [0.05, 0.1) is 6.10 Å². The van der Waals surface area contributed by atoms with Gasteiger partial charge in [0.1, 0.15) is 0 Å². The van der Waals surface area contributed by atoms with Gasteiger partial charge in [-0.05, 0) is 31.9 Å². The maximum absolute atomic E-state index is 11.9. The second-order valence-corrected chi connectivity index (χ2v) is 5.10. The number of anilines is 1. The summed E-state index contributed by atoms with van der Waals surface area (Å²) in [4.78, 5) is 23.1. The maximum atomic E-state index is 11.9. The lowest BCUT2D eigenvalue weighted by Crippen LogP contribution is -2.40. The molecule has 1 saturated heterocycles. The molecule has 0 saturated carbocycles. The van der Waals surface area contributed by atoms with Crippen LogP contribution in [0.25, 0.3) is 0 Å². The Morgan fingerprint density at radius 1 is 1.40 bits per heavy atom. The van der Waals surface area contributed by atoms with Crippen molar-refractivity contribution in [2.75, 3.05) is 11.9 Å². The molecule has 1 fully saturated rings. The lowest BCUT2D eigenvalue weighted by molar-refractivity contribution is -0.314. The van der Waals surface area contributed by atoms with E-state index in [4.69, 9.17) is 4.74 Å². The molecule has 0 unspecified atom stereocenters. The molecule has 0 spiro atoms. The number of nitrogens with one attached hydrogen (secondary N) is 1. The van der Waals surface area contributed by atoms with E-state index in [-0.39, 0.29) is 12.3 Å². The first-order valence-electron chi connectivity index (χ1n) is 6.75. The van der Waals surface area contributed by atoms with E-state index in [0.717, 1.165) is 12.0 Å². The molecule has 1 aromatic carbocycles. The quantitative estimate of drug-likeness (QED) is 0.865. The first-order chi connectivity index (χ1) is 9.56. The highest BCUT2D eigenvalue weighted by molar-refractivity contribution is 5.93. The highest BCUT2D eigenvalue weighted by atomic mass is 16.5. The van der Waals surface area contributed by atoms with E-state index in [2.05, 4.69) is 5.32 Å². The Morgan fingerprint density at radius 2 is 2.10 bits per heavy atom. The van der Waals surface area contributed by atoms with Gasteiger partial charge in [-0.15, -0.1) is 0 Å². The van der Waals surface area contributed by atoms with Gasteiger partial charge in [-0.3, -0.25) is 4.79 Å². The van der Waals surface area contributed by atoms with Gasteiger partial charge in [-0.25, -0.2) is 0 Å². The van der Waals surface area contributed by atoms with Crippen LogP contribution in [0.15, 0.2) is 24.3 Å². The van der Waals surface area contributed by atoms with Gasteiger partial charge in [0.2, 0.25) is 5.91 Å². The molecule has 1 aliphatic heterocycles. The number of hydrogen-bond acceptors (Lipinski definition) is 4. The molecular weight excluding hydrogens is 258 g/mol. The number of benzene rings is 1. The largest absolute Gasteiger partial charge is 0.550 e. The van der Waals surface area contributed by atoms with Crippen LogP contribution in [0, 0.1) is 12.8 Å². The molecule has 108 valence electrons. The third-order valence-corrected chi connectivity index (χ3v) is 3.46. The minimum atomic E-state index is -1.23. The van der Waals surface area contributed by atoms with Crippen LogP contribution >= 0.6 is 0 Å². The fourth-order valence-corrected chi connectivity index (χ4v) is 2.34. The summed E-state index contributed by atoms with van der Waals surface area (Å²) in [5.41, 5.74) is 1.75. The summed E-state index contributed by atoms with van der Waals surface area (Å²) < 4.78 is 5.34. The second kappa shape index (κ2) is 6.52. The monoisotopic (exact) mass is 276 g/mol. The zero-order valence-corrected chi connectivity index (χ0v) is 11.4. The molecular formula is C15H18NO4-. The lowest BCUT2D eigenvalue weighted by Gasteiger charge is -2.23. The van der Waals surface area contributed by atoms with Gasteiger partial charge < -0.3 is 20.0 Å². The second-order valence-electron chi connectivity index (χ2n) is 5.10. The van der Waals surface area contributed by atoms with E-state index in [0.29, 0.717) is 18.7 Å². The van der Waals surface area contributed by atoms with Gasteiger partial charge in [0, 0.05) is 30.6 Å². The van der Waals surface area contributed by atoms with Crippen molar-refractivity contribution < 1.29 is 19.4 Å². The molecule has 1 amide bonds. The number of rotatable bonds is 5. The number of hydrogen-bond donors (Lipinski definition) is 1. The number of carboxylic acids is 1. The topological polar surface area (TPSA) is 78.5 Å². The van der Waals surface area contributed by atoms with Crippen LogP contribution in [-0.2, 0) is 14.3 Å². The Bertz CT molecular complexity index is 477. The first-order valence-corrected chi connectivity index (χ1v) is 6.75. The molecule has 2 atom stereocenters. The number of carboxylic acid groups (broad SMARTS) is 1. The molecule has 1 aliphatic rings. The number of carbonyl (C=O) groups excluding carboxylic acids is 2. The van der Waals surface area contributed by atoms with Crippen LogP contribution < -0.4 is 10.4 Å². The summed E-state index contributed by atoms with van der Waals surface area (Å²) in [5.74, 6) is -2.45. The molecule has 5 nitrogen and oxygen atoms in total. The minimum Gasteiger partial charge on any atom is -0.550 e. The molecule has 0 bridgehead atoms. The lowest BCUT2D eigenvalue weighted by atomic mass is 9.96. The SMILES string of the molecule is Cc1ccc(NC(=O)C[C@H](C(=O)[O-])[C@H]2CCCO2)cc1. The molecule has 1 aromatic rings. The van der Waals surface area contributed by atoms with Crippen LogP contribution in [-0.4, -0.2) is 24.6 Å². The van der Waals surface area contributed by atoms with Gasteiger partial charge in [0.25, 0.3) is 0 Å². The summed E-state index contributed by atoms with van der Waals surface area (Å²) in [7, 11) is 0. The van der Waals surface area contributed by atoms with E-state index >= 15 is 0 Å². The number of ether oxygens (including phenoxy) is 1. The van der Waals surface area contributed by atoms with Crippen LogP contribution in [0.1, 0.15) is 24.8 Å². The molecule has 20 heavy (non-hydrogen) atoms. The van der Waals surface area contributed by atoms with Crippen LogP contribution in [0.4, 0.5) is 5.69 Å². The molecule has 1 N–H and O–H groups in total. The first kappa shape index (κ1) is 14.5. The van der Waals surface area contributed by atoms with E-state index in [1.807, 2.05) is 19.1 Å². The third-order valence-electron chi connectivity index (χ3n) is 3.46. The van der Waals surface area contributed by atoms with Crippen LogP contribution in [0.2, 0.25) is 0 Å². The molecule has 0 radical (unpaired) electrons. The summed E-state index contributed by atoms with van der Waals surface area (Å²) in [6.45, 7) is 2.50. The van der Waals surface area contributed by atoms with Crippen molar-refractivity contribution in [1.82, 2.24) is 0 Å². The number of carbonyl (C=O) groups is 2. The Balaban J connectivity index is 1.94. The highest BCUT2D eigenvalue weighted by Crippen LogP contribution is 2.23. The fraction of sp³-hybridized carbons (Fsp3) is 0.467. The van der Waals surface area contributed by atoms with Crippen molar-refractivity contribution in [3.05, 3.63) is 29.8 Å². The van der Waals surface area contributed by atoms with Gasteiger partial charge in [-0.1, -0.05) is 17.7 Å². The molecule has 5 heteroatoms. The van der Waals surface area contributed by atoms with E-state index in [1.54, 1.807) is 12.1 Å². The third kappa shape index (κ3) is 3.81. The highest BCUT2D eigenvalue weighted by Gasteiger charge is 2.28. The normalized spacial score (nSPS) is 19.6. The standard InChI is InChI=1S/C15H19NO4/c1-10-4-6-11(7-5-10)16-14(17)9-12(15(18)19)13-3-2-8-20-13/h4-7,12-13H,2-3,8-9H2,1H3,(H,16,17)(H,18,19)/p-1/t12-,13+/m0/s1. The van der Waals surface area contributed by atoms with Crippen molar-refractivity contribution in [1.29, 1.82) is 0 Å². The van der Waals surface area contributed by atoms with Crippen molar-refractivity contribution in [3.63, 3.8) is 0 Å². The zero-order chi connectivity index (χ0) is 14.5. The summed E-state index contributed by atoms with van der Waals surface area (Å²) >= 11 is 0. The van der Waals surface area contributed by atoms with E-state index in [1.165, 1.54) is 0 Å². The van der Waals surface area contributed by atoms with Crippen LogP contribution in [0.5, 0.6) is 0 Å². The number of aryl methyl sites for hydroxylation is 1. The average Bonchev–Trinajstić information content (AvgIpc) is 2.92. The minimum absolute atomic E-state index is 0.124. The maximum Gasteiger partial charge on any atom is 0.225 e. The Hall–Kier alpha value is -1.88. The van der Waals surface area contributed by atoms with E-state index in [9.17, 15) is 14.7 Å². The number of amides is 1. The zero-order valence-electron chi connectivity index (χ0n) is 11.4. The number of aliphatic carboxylic acids is 1. The smallest absolute Gasteiger partial charge is 0.225 e. The molecule has 2 rings (SSSR count). The van der Waals surface area contributed by atoms with Crippen molar-refractivity contribution in [2.24, 2.45) is 5.92 Å². The molecule has 0 aromatic heterocycles. The fourth-order valence-electron chi connectivity index (χ4n) is 2.34. The Labute approximate surface area is 117 Å². The Morgan fingerprint density at radius 3 is 2.65 bits per heavy atom. The molecule has 0 aliphatic carbocycles. The van der Waals surface area contributed by atoms with E-state index < -0.39 is 18.0 Å². The van der Waals surface area contributed by atoms with Gasteiger partial charge >= 0.3 is 0 Å². The van der Waals surface area contributed by atoms with Crippen molar-refractivity contribution >= 4 is 17.6 Å².